The van der Waals surface area contributed by atoms with Crippen LogP contribution < -0.4 is 5.32 Å². The highest BCUT2D eigenvalue weighted by Crippen LogP contribution is 2.29. The van der Waals surface area contributed by atoms with E-state index in [1.807, 2.05) is 44.2 Å². The lowest BCUT2D eigenvalue weighted by molar-refractivity contribution is 0.0802. The molecule has 3 nitrogen and oxygen atoms in total. The summed E-state index contributed by atoms with van der Waals surface area (Å²) in [7, 11) is 1.78. The van der Waals surface area contributed by atoms with Gasteiger partial charge in [-0.05, 0) is 49.7 Å². The minimum absolute atomic E-state index is 0.0280. The molecule has 0 atom stereocenters. The van der Waals surface area contributed by atoms with Crippen LogP contribution >= 0.6 is 27.5 Å². The van der Waals surface area contributed by atoms with Crippen LogP contribution in [-0.2, 0) is 0 Å². The van der Waals surface area contributed by atoms with E-state index in [1.165, 1.54) is 0 Å². The lowest BCUT2D eigenvalue weighted by Crippen LogP contribution is -2.27. The molecule has 116 valence electrons. The van der Waals surface area contributed by atoms with Crippen molar-refractivity contribution in [1.82, 2.24) is 4.90 Å². The first kappa shape index (κ1) is 16.8. The third kappa shape index (κ3) is 3.81. The fourth-order valence-corrected chi connectivity index (χ4v) is 2.72. The number of rotatable bonds is 4. The first-order valence-electron chi connectivity index (χ1n) is 7.00. The van der Waals surface area contributed by atoms with Gasteiger partial charge in [0.2, 0.25) is 0 Å². The quantitative estimate of drug-likeness (QED) is 0.785. The molecule has 0 aliphatic rings. The zero-order valence-corrected chi connectivity index (χ0v) is 15.1. The van der Waals surface area contributed by atoms with Crippen molar-refractivity contribution >= 4 is 44.8 Å². The van der Waals surface area contributed by atoms with Gasteiger partial charge < -0.3 is 10.2 Å². The van der Waals surface area contributed by atoms with Crippen LogP contribution in [0.15, 0.2) is 40.9 Å². The minimum Gasteiger partial charge on any atom is -0.355 e. The van der Waals surface area contributed by atoms with Gasteiger partial charge in [-0.15, -0.1) is 0 Å². The first-order valence-corrected chi connectivity index (χ1v) is 8.17. The fraction of sp³-hybridized carbons (Fsp3) is 0.235. The van der Waals surface area contributed by atoms with Crippen molar-refractivity contribution < 1.29 is 4.79 Å². The standard InChI is InChI=1S/C17H18BrClN2O/c1-4-21(3)17(22)15-9-13(19)10-16(11(15)2)20-14-7-5-6-12(18)8-14/h5-10,20H,4H2,1-3H3. The second-order valence-electron chi connectivity index (χ2n) is 5.08. The number of hydrogen-bond acceptors (Lipinski definition) is 2. The average Bonchev–Trinajstić information content (AvgIpc) is 2.49. The van der Waals surface area contributed by atoms with Crippen LogP contribution in [0.4, 0.5) is 11.4 Å². The van der Waals surface area contributed by atoms with Gasteiger partial charge in [0.25, 0.3) is 5.91 Å². The Morgan fingerprint density at radius 1 is 1.32 bits per heavy atom. The normalized spacial score (nSPS) is 10.4. The molecule has 0 aliphatic heterocycles. The summed E-state index contributed by atoms with van der Waals surface area (Å²) in [5, 5.41) is 3.86. The van der Waals surface area contributed by atoms with Crippen molar-refractivity contribution in [2.45, 2.75) is 13.8 Å². The highest BCUT2D eigenvalue weighted by molar-refractivity contribution is 9.10. The van der Waals surface area contributed by atoms with Gasteiger partial charge in [0, 0.05) is 40.0 Å². The molecule has 0 fully saturated rings. The molecule has 0 heterocycles. The minimum atomic E-state index is -0.0280. The van der Waals surface area contributed by atoms with E-state index in [-0.39, 0.29) is 5.91 Å². The van der Waals surface area contributed by atoms with Crippen LogP contribution in [-0.4, -0.2) is 24.4 Å². The third-order valence-electron chi connectivity index (χ3n) is 3.53. The Morgan fingerprint density at radius 2 is 2.05 bits per heavy atom. The number of amides is 1. The lowest BCUT2D eigenvalue weighted by atomic mass is 10.0. The molecule has 2 aromatic rings. The van der Waals surface area contributed by atoms with E-state index in [0.717, 1.165) is 21.4 Å². The summed E-state index contributed by atoms with van der Waals surface area (Å²) in [6.45, 7) is 4.52. The predicted molar refractivity (Wildman–Crippen MR) is 96.2 cm³/mol. The van der Waals surface area contributed by atoms with E-state index in [1.54, 1.807) is 18.0 Å². The van der Waals surface area contributed by atoms with Gasteiger partial charge >= 0.3 is 0 Å². The second kappa shape index (κ2) is 7.16. The van der Waals surface area contributed by atoms with Gasteiger partial charge in [0.05, 0.1) is 0 Å². The van der Waals surface area contributed by atoms with Crippen molar-refractivity contribution in [3.63, 3.8) is 0 Å². The third-order valence-corrected chi connectivity index (χ3v) is 4.24. The van der Waals surface area contributed by atoms with E-state index >= 15 is 0 Å². The molecule has 5 heteroatoms. The largest absolute Gasteiger partial charge is 0.355 e. The highest BCUT2D eigenvalue weighted by atomic mass is 79.9. The van der Waals surface area contributed by atoms with Crippen molar-refractivity contribution in [3.05, 3.63) is 57.0 Å². The highest BCUT2D eigenvalue weighted by Gasteiger charge is 2.16. The zero-order valence-electron chi connectivity index (χ0n) is 12.8. The van der Waals surface area contributed by atoms with Crippen molar-refractivity contribution in [1.29, 1.82) is 0 Å². The molecule has 0 bridgehead atoms. The van der Waals surface area contributed by atoms with Crippen molar-refractivity contribution in [2.75, 3.05) is 18.9 Å². The molecule has 0 radical (unpaired) electrons. The van der Waals surface area contributed by atoms with Crippen LogP contribution in [0.2, 0.25) is 5.02 Å². The molecule has 0 aliphatic carbocycles. The molecular formula is C17H18BrClN2O. The molecule has 0 saturated heterocycles. The van der Waals surface area contributed by atoms with E-state index in [2.05, 4.69) is 21.2 Å². The van der Waals surface area contributed by atoms with Crippen LogP contribution in [0.1, 0.15) is 22.8 Å². The summed E-state index contributed by atoms with van der Waals surface area (Å²) in [5.41, 5.74) is 3.27. The Labute approximate surface area is 144 Å². The number of benzene rings is 2. The van der Waals surface area contributed by atoms with Crippen LogP contribution in [0.3, 0.4) is 0 Å². The predicted octanol–water partition coefficient (Wildman–Crippen LogP) is 5.25. The maximum atomic E-state index is 12.4. The summed E-state index contributed by atoms with van der Waals surface area (Å²) in [4.78, 5) is 14.1. The Bertz CT molecular complexity index is 703. The molecule has 2 rings (SSSR count). The van der Waals surface area contributed by atoms with Crippen LogP contribution in [0.25, 0.3) is 0 Å². The number of carbonyl (C=O) groups is 1. The molecule has 1 amide bonds. The summed E-state index contributed by atoms with van der Waals surface area (Å²) in [5.74, 6) is -0.0280. The Kier molecular flexibility index (Phi) is 5.48. The Morgan fingerprint density at radius 3 is 2.68 bits per heavy atom. The maximum absolute atomic E-state index is 12.4. The van der Waals surface area contributed by atoms with Gasteiger partial charge in [-0.25, -0.2) is 0 Å². The monoisotopic (exact) mass is 380 g/mol. The lowest BCUT2D eigenvalue weighted by Gasteiger charge is -2.19. The topological polar surface area (TPSA) is 32.3 Å². The molecule has 0 spiro atoms. The number of anilines is 2. The van der Waals surface area contributed by atoms with Crippen molar-refractivity contribution in [2.24, 2.45) is 0 Å². The number of nitrogens with one attached hydrogen (secondary N) is 1. The van der Waals surface area contributed by atoms with Gasteiger partial charge in [-0.2, -0.15) is 0 Å². The molecule has 1 N–H and O–H groups in total. The van der Waals surface area contributed by atoms with E-state index in [4.69, 9.17) is 11.6 Å². The summed E-state index contributed by atoms with van der Waals surface area (Å²) in [6, 6.07) is 11.4. The molecular weight excluding hydrogens is 364 g/mol. The Hall–Kier alpha value is -1.52. The molecule has 0 saturated carbocycles. The fourth-order valence-electron chi connectivity index (χ4n) is 2.10. The second-order valence-corrected chi connectivity index (χ2v) is 6.43. The van der Waals surface area contributed by atoms with Crippen LogP contribution in [0.5, 0.6) is 0 Å². The molecule has 22 heavy (non-hydrogen) atoms. The van der Waals surface area contributed by atoms with Gasteiger partial charge in [-0.1, -0.05) is 33.6 Å². The maximum Gasteiger partial charge on any atom is 0.253 e. The number of hydrogen-bond donors (Lipinski definition) is 1. The number of carbonyl (C=O) groups excluding carboxylic acids is 1. The van der Waals surface area contributed by atoms with E-state index in [9.17, 15) is 4.79 Å². The summed E-state index contributed by atoms with van der Waals surface area (Å²) in [6.07, 6.45) is 0. The van der Waals surface area contributed by atoms with Gasteiger partial charge in [0.15, 0.2) is 0 Å². The van der Waals surface area contributed by atoms with Crippen LogP contribution in [0, 0.1) is 6.92 Å². The zero-order chi connectivity index (χ0) is 16.3. The average molecular weight is 382 g/mol. The number of nitrogens with zero attached hydrogens (tertiary/aromatic N) is 1. The van der Waals surface area contributed by atoms with E-state index < -0.39 is 0 Å². The summed E-state index contributed by atoms with van der Waals surface area (Å²) < 4.78 is 0.985. The van der Waals surface area contributed by atoms with Gasteiger partial charge in [-0.3, -0.25) is 4.79 Å². The molecule has 2 aromatic carbocycles. The SMILES string of the molecule is CCN(C)C(=O)c1cc(Cl)cc(Nc2cccc(Br)c2)c1C. The van der Waals surface area contributed by atoms with Crippen molar-refractivity contribution in [3.8, 4) is 0 Å². The summed E-state index contributed by atoms with van der Waals surface area (Å²) >= 11 is 9.64. The molecule has 0 unspecified atom stereocenters. The number of halogens is 2. The van der Waals surface area contributed by atoms with Gasteiger partial charge in [0.1, 0.15) is 0 Å². The Balaban J connectivity index is 2.40. The van der Waals surface area contributed by atoms with E-state index in [0.29, 0.717) is 17.1 Å². The first-order chi connectivity index (χ1) is 10.4. The molecule has 0 aromatic heterocycles. The smallest absolute Gasteiger partial charge is 0.253 e.